The van der Waals surface area contributed by atoms with Crippen LogP contribution in [-0.2, 0) is 36.0 Å². The van der Waals surface area contributed by atoms with Gasteiger partial charge in [0.1, 0.15) is 6.10 Å². The van der Waals surface area contributed by atoms with Gasteiger partial charge in [-0.05, 0) is 37.9 Å². The summed E-state index contributed by atoms with van der Waals surface area (Å²) in [5.74, 6) is 0. The molecule has 0 bridgehead atoms. The third-order valence-electron chi connectivity index (χ3n) is 6.12. The SMILES string of the molecule is C=CC(NCCC[Si](OC)(OC)OCCCN)c1ccccc1.CO[Si](CCCOCC1CO1)(OC)OC. The molecule has 0 saturated carbocycles. The van der Waals surface area contributed by atoms with Crippen molar-refractivity contribution >= 4 is 17.6 Å². The fourth-order valence-corrected chi connectivity index (χ4v) is 7.38. The van der Waals surface area contributed by atoms with E-state index in [2.05, 4.69) is 24.0 Å². The molecule has 0 radical (unpaired) electrons. The maximum absolute atomic E-state index is 5.85. The van der Waals surface area contributed by atoms with Crippen molar-refractivity contribution in [3.63, 3.8) is 0 Å². The molecule has 1 aromatic rings. The molecule has 1 aliphatic rings. The van der Waals surface area contributed by atoms with Gasteiger partial charge in [-0.1, -0.05) is 36.4 Å². The van der Waals surface area contributed by atoms with Gasteiger partial charge in [0.15, 0.2) is 0 Å². The summed E-state index contributed by atoms with van der Waals surface area (Å²) in [6.07, 6.45) is 4.86. The Morgan fingerprint density at radius 2 is 1.55 bits per heavy atom. The molecule has 1 saturated heterocycles. The highest BCUT2D eigenvalue weighted by molar-refractivity contribution is 6.60. The van der Waals surface area contributed by atoms with Gasteiger partial charge in [-0.25, -0.2) is 0 Å². The first-order chi connectivity index (χ1) is 18.5. The average molecular weight is 575 g/mol. The van der Waals surface area contributed by atoms with Gasteiger partial charge in [0.25, 0.3) is 0 Å². The Labute approximate surface area is 231 Å². The largest absolute Gasteiger partial charge is 0.500 e. The number of nitrogens with one attached hydrogen (secondary N) is 1. The fourth-order valence-electron chi connectivity index (χ4n) is 3.67. The molecule has 1 aromatic carbocycles. The number of nitrogens with two attached hydrogens (primary N) is 1. The molecule has 220 valence electrons. The molecule has 12 heteroatoms. The molecule has 0 aliphatic carbocycles. The molecular weight excluding hydrogens is 524 g/mol. The van der Waals surface area contributed by atoms with Gasteiger partial charge in [0.05, 0.1) is 19.3 Å². The van der Waals surface area contributed by atoms with Crippen LogP contribution >= 0.6 is 0 Å². The van der Waals surface area contributed by atoms with Crippen molar-refractivity contribution in [2.45, 2.75) is 43.5 Å². The normalized spacial score (nSPS) is 16.0. The van der Waals surface area contributed by atoms with Gasteiger partial charge in [-0.3, -0.25) is 0 Å². The summed E-state index contributed by atoms with van der Waals surface area (Å²) < 4.78 is 43.3. The minimum absolute atomic E-state index is 0.149. The smallest absolute Gasteiger partial charge is 0.379 e. The van der Waals surface area contributed by atoms with Crippen LogP contribution in [0.25, 0.3) is 0 Å². The van der Waals surface area contributed by atoms with E-state index in [0.29, 0.717) is 32.5 Å². The lowest BCUT2D eigenvalue weighted by atomic mass is 10.1. The molecule has 1 heterocycles. The monoisotopic (exact) mass is 574 g/mol. The van der Waals surface area contributed by atoms with Crippen LogP contribution in [0.3, 0.4) is 0 Å². The minimum atomic E-state index is -2.56. The van der Waals surface area contributed by atoms with Crippen LogP contribution in [0.2, 0.25) is 12.1 Å². The zero-order valence-corrected chi connectivity index (χ0v) is 25.9. The molecule has 3 N–H and O–H groups in total. The van der Waals surface area contributed by atoms with Gasteiger partial charge in [0, 0.05) is 60.9 Å². The van der Waals surface area contributed by atoms with E-state index in [0.717, 1.165) is 44.5 Å². The molecule has 2 unspecified atom stereocenters. The first kappa shape index (κ1) is 35.0. The quantitative estimate of drug-likeness (QED) is 0.0926. The molecule has 0 amide bonds. The van der Waals surface area contributed by atoms with Gasteiger partial charge in [-0.15, -0.1) is 6.58 Å². The second-order valence-corrected chi connectivity index (χ2v) is 14.8. The first-order valence-electron chi connectivity index (χ1n) is 13.2. The van der Waals surface area contributed by atoms with Crippen molar-refractivity contribution in [2.75, 3.05) is 75.1 Å². The van der Waals surface area contributed by atoms with Gasteiger partial charge >= 0.3 is 17.6 Å². The van der Waals surface area contributed by atoms with Crippen molar-refractivity contribution in [1.29, 1.82) is 0 Å². The standard InChI is InChI=1S/C17H30N2O3Si.C9H20O5Si/c1-4-17(16-10-6-5-7-11-16)19-13-9-15-23(20-2,21-3)22-14-8-12-18;1-10-15(11-2,12-3)6-4-5-13-7-9-8-14-9/h4-7,10-11,17,19H,1,8-9,12-15,18H2,2-3H3;9H,4-8H2,1-3H3. The summed E-state index contributed by atoms with van der Waals surface area (Å²) >= 11 is 0. The maximum atomic E-state index is 5.85. The average Bonchev–Trinajstić information content (AvgIpc) is 3.80. The van der Waals surface area contributed by atoms with E-state index < -0.39 is 17.6 Å². The molecule has 10 nitrogen and oxygen atoms in total. The summed E-state index contributed by atoms with van der Waals surface area (Å²) in [6.45, 7) is 8.17. The lowest BCUT2D eigenvalue weighted by molar-refractivity contribution is 0.0971. The first-order valence-corrected chi connectivity index (χ1v) is 17.0. The van der Waals surface area contributed by atoms with Gasteiger partial charge in [-0.2, -0.15) is 0 Å². The third-order valence-corrected chi connectivity index (χ3v) is 11.8. The van der Waals surface area contributed by atoms with Crippen molar-refractivity contribution in [3.05, 3.63) is 48.6 Å². The zero-order valence-electron chi connectivity index (χ0n) is 23.9. The highest BCUT2D eigenvalue weighted by atomic mass is 28.4. The predicted molar refractivity (Wildman–Crippen MR) is 153 cm³/mol. The summed E-state index contributed by atoms with van der Waals surface area (Å²) in [5, 5.41) is 3.49. The van der Waals surface area contributed by atoms with Crippen LogP contribution in [-0.4, -0.2) is 98.8 Å². The summed E-state index contributed by atoms with van der Waals surface area (Å²) in [4.78, 5) is 0. The predicted octanol–water partition coefficient (Wildman–Crippen LogP) is 3.16. The van der Waals surface area contributed by atoms with Gasteiger partial charge in [0.2, 0.25) is 0 Å². The maximum Gasteiger partial charge on any atom is 0.500 e. The molecule has 0 spiro atoms. The van der Waals surface area contributed by atoms with Crippen molar-refractivity contribution in [2.24, 2.45) is 5.73 Å². The molecule has 2 rings (SSSR count). The Kier molecular flexibility index (Phi) is 19.2. The molecule has 2 atom stereocenters. The van der Waals surface area contributed by atoms with E-state index >= 15 is 0 Å². The highest BCUT2D eigenvalue weighted by Gasteiger charge is 2.38. The van der Waals surface area contributed by atoms with E-state index in [1.54, 1.807) is 35.5 Å². The fraction of sp³-hybridized carbons (Fsp3) is 0.692. The number of hydrogen-bond acceptors (Lipinski definition) is 10. The van der Waals surface area contributed by atoms with Crippen LogP contribution in [0.5, 0.6) is 0 Å². The minimum Gasteiger partial charge on any atom is -0.379 e. The van der Waals surface area contributed by atoms with E-state index in [1.165, 1.54) is 5.56 Å². The Bertz CT molecular complexity index is 699. The van der Waals surface area contributed by atoms with Crippen LogP contribution in [0.1, 0.15) is 30.9 Å². The lowest BCUT2D eigenvalue weighted by Crippen LogP contribution is -2.44. The summed E-state index contributed by atoms with van der Waals surface area (Å²) in [5.41, 5.74) is 6.71. The number of rotatable bonds is 22. The van der Waals surface area contributed by atoms with Crippen molar-refractivity contribution in [1.82, 2.24) is 5.32 Å². The van der Waals surface area contributed by atoms with Gasteiger partial charge < -0.3 is 47.1 Å². The highest BCUT2D eigenvalue weighted by Crippen LogP contribution is 2.18. The third kappa shape index (κ3) is 13.9. The Morgan fingerprint density at radius 1 is 0.947 bits per heavy atom. The van der Waals surface area contributed by atoms with Crippen LogP contribution in [0.15, 0.2) is 43.0 Å². The topological polar surface area (TPSA) is 115 Å². The molecular formula is C26H50N2O8Si2. The summed E-state index contributed by atoms with van der Waals surface area (Å²) in [7, 11) is 3.23. The number of ether oxygens (including phenoxy) is 2. The number of benzene rings is 1. The van der Waals surface area contributed by atoms with Crippen LogP contribution in [0, 0.1) is 0 Å². The Balaban J connectivity index is 0.000000415. The Morgan fingerprint density at radius 3 is 2.08 bits per heavy atom. The number of hydrogen-bond donors (Lipinski definition) is 2. The zero-order chi connectivity index (χ0) is 28.1. The second kappa shape index (κ2) is 20.8. The van der Waals surface area contributed by atoms with E-state index in [4.69, 9.17) is 41.8 Å². The molecule has 1 fully saturated rings. The van der Waals surface area contributed by atoms with E-state index in [1.807, 2.05) is 24.3 Å². The molecule has 38 heavy (non-hydrogen) atoms. The van der Waals surface area contributed by atoms with Crippen molar-refractivity contribution in [3.8, 4) is 0 Å². The lowest BCUT2D eigenvalue weighted by Gasteiger charge is -2.26. The summed E-state index contributed by atoms with van der Waals surface area (Å²) in [6, 6.07) is 12.0. The molecule has 1 aliphatic heterocycles. The van der Waals surface area contributed by atoms with E-state index in [9.17, 15) is 0 Å². The molecule has 0 aromatic heterocycles. The van der Waals surface area contributed by atoms with Crippen LogP contribution < -0.4 is 11.1 Å². The second-order valence-electron chi connectivity index (χ2n) is 8.69. The van der Waals surface area contributed by atoms with Crippen LogP contribution in [0.4, 0.5) is 0 Å². The number of epoxide rings is 1. The van der Waals surface area contributed by atoms with E-state index in [-0.39, 0.29) is 6.04 Å². The Hall–Kier alpha value is -1.01. The van der Waals surface area contributed by atoms with Crippen molar-refractivity contribution < 1.29 is 36.0 Å².